The third-order valence-corrected chi connectivity index (χ3v) is 15.2. The van der Waals surface area contributed by atoms with Crippen LogP contribution in [-0.4, -0.2) is 140 Å². The Morgan fingerprint density at radius 2 is 0.870 bits per heavy atom. The number of nitrogens with one attached hydrogen (secondary N) is 1. The number of unbranched alkanes of at least 4 members (excludes halogenated alkanes) is 31. The van der Waals surface area contributed by atoms with Crippen LogP contribution in [0.25, 0.3) is 0 Å². The van der Waals surface area contributed by atoms with Crippen LogP contribution in [0.2, 0.25) is 0 Å². The van der Waals surface area contributed by atoms with Crippen LogP contribution in [0.3, 0.4) is 0 Å². The molecule has 2 aliphatic heterocycles. The van der Waals surface area contributed by atoms with E-state index in [1.807, 2.05) is 6.08 Å². The fourth-order valence-electron chi connectivity index (χ4n) is 10.2. The summed E-state index contributed by atoms with van der Waals surface area (Å²) in [6.45, 7) is 2.77. The first-order chi connectivity index (χ1) is 37.6. The number of aliphatic hydroxyl groups is 8. The molecule has 450 valence electrons. The van der Waals surface area contributed by atoms with Gasteiger partial charge in [-0.05, 0) is 64.2 Å². The number of carbonyl (C=O) groups excluding carboxylic acids is 1. The van der Waals surface area contributed by atoms with Gasteiger partial charge in [-0.1, -0.05) is 229 Å². The van der Waals surface area contributed by atoms with Crippen molar-refractivity contribution in [2.24, 2.45) is 0 Å². The number of aliphatic hydroxyl groups excluding tert-OH is 8. The molecule has 0 radical (unpaired) electrons. The predicted octanol–water partition coefficient (Wildman–Crippen LogP) is 11.2. The molecule has 14 nitrogen and oxygen atoms in total. The number of rotatable bonds is 50. The maximum Gasteiger partial charge on any atom is 0.220 e. The second-order valence-electron chi connectivity index (χ2n) is 22.2. The Balaban J connectivity index is 1.74. The Bertz CT molecular complexity index is 1480. The van der Waals surface area contributed by atoms with E-state index in [1.54, 1.807) is 6.08 Å². The van der Waals surface area contributed by atoms with E-state index in [-0.39, 0.29) is 18.9 Å². The molecule has 0 saturated carbocycles. The molecule has 0 aliphatic carbocycles. The lowest BCUT2D eigenvalue weighted by atomic mass is 9.97. The van der Waals surface area contributed by atoms with Crippen molar-refractivity contribution in [2.75, 3.05) is 19.8 Å². The molecule has 0 aromatic carbocycles. The van der Waals surface area contributed by atoms with Crippen LogP contribution in [0.1, 0.15) is 251 Å². The summed E-state index contributed by atoms with van der Waals surface area (Å²) in [5.74, 6) is -0.262. The van der Waals surface area contributed by atoms with E-state index < -0.39 is 86.8 Å². The highest BCUT2D eigenvalue weighted by Crippen LogP contribution is 2.30. The molecule has 1 amide bonds. The van der Waals surface area contributed by atoms with E-state index in [0.717, 1.165) is 57.8 Å². The summed E-state index contributed by atoms with van der Waals surface area (Å²) in [5.41, 5.74) is 0. The zero-order valence-electron chi connectivity index (χ0n) is 48.5. The zero-order valence-corrected chi connectivity index (χ0v) is 48.5. The molecule has 0 spiro atoms. The lowest BCUT2D eigenvalue weighted by Gasteiger charge is -2.46. The lowest BCUT2D eigenvalue weighted by Crippen LogP contribution is -2.65. The first-order valence-electron chi connectivity index (χ1n) is 31.4. The van der Waals surface area contributed by atoms with Gasteiger partial charge >= 0.3 is 0 Å². The van der Waals surface area contributed by atoms with Gasteiger partial charge in [0.1, 0.15) is 48.8 Å². The second-order valence-corrected chi connectivity index (χ2v) is 22.2. The standard InChI is InChI=1S/C63H115NO13/c1-3-5-7-9-11-13-15-17-19-21-22-23-24-25-26-27-28-29-30-31-32-34-36-38-40-42-44-46-52(67)51(64-55(68)47-45-43-41-39-37-35-33-20-18-16-14-12-10-8-6-4-2)50-74-62-60(73)58(71)61(54(49-66)76-62)77-63-59(72)57(70)56(69)53(48-65)75-63/h14,16,20,33,36,38,44,46,51-54,56-63,65-67,69-73H,3-13,15,17-19,21-32,34-35,37,39-43,45,47-50H2,1-2H3,(H,64,68)/b16-14-,33-20-,38-36+,46-44+. The first kappa shape index (κ1) is 71.1. The Kier molecular flexibility index (Phi) is 44.9. The van der Waals surface area contributed by atoms with Crippen molar-refractivity contribution in [1.29, 1.82) is 0 Å². The fourth-order valence-corrected chi connectivity index (χ4v) is 10.2. The van der Waals surface area contributed by atoms with Gasteiger partial charge in [0, 0.05) is 6.42 Å². The van der Waals surface area contributed by atoms with Gasteiger partial charge in [-0.2, -0.15) is 0 Å². The highest BCUT2D eigenvalue weighted by molar-refractivity contribution is 5.76. The number of amides is 1. The van der Waals surface area contributed by atoms with Gasteiger partial charge in [0.05, 0.1) is 32.0 Å². The number of ether oxygens (including phenoxy) is 4. The molecule has 2 heterocycles. The molecular weight excluding hydrogens is 979 g/mol. The number of hydrogen-bond donors (Lipinski definition) is 9. The van der Waals surface area contributed by atoms with Crippen molar-refractivity contribution in [3.63, 3.8) is 0 Å². The maximum atomic E-state index is 13.2. The Morgan fingerprint density at radius 1 is 0.468 bits per heavy atom. The van der Waals surface area contributed by atoms with Gasteiger partial charge in [0.2, 0.25) is 5.91 Å². The van der Waals surface area contributed by atoms with E-state index in [9.17, 15) is 45.6 Å². The molecule has 0 bridgehead atoms. The average molecular weight is 1090 g/mol. The van der Waals surface area contributed by atoms with Crippen LogP contribution in [0.5, 0.6) is 0 Å². The van der Waals surface area contributed by atoms with Gasteiger partial charge in [0.25, 0.3) is 0 Å². The summed E-state index contributed by atoms with van der Waals surface area (Å²) in [5, 5.41) is 87.1. The van der Waals surface area contributed by atoms with E-state index in [0.29, 0.717) is 12.8 Å². The average Bonchev–Trinajstić information content (AvgIpc) is 3.44. The van der Waals surface area contributed by atoms with E-state index in [1.165, 1.54) is 161 Å². The zero-order chi connectivity index (χ0) is 56.0. The number of hydrogen-bond acceptors (Lipinski definition) is 13. The van der Waals surface area contributed by atoms with Crippen LogP contribution in [0, 0.1) is 0 Å². The smallest absolute Gasteiger partial charge is 0.220 e. The third-order valence-electron chi connectivity index (χ3n) is 15.2. The van der Waals surface area contributed by atoms with Crippen LogP contribution < -0.4 is 5.32 Å². The van der Waals surface area contributed by atoms with Crippen molar-refractivity contribution >= 4 is 5.91 Å². The lowest BCUT2D eigenvalue weighted by molar-refractivity contribution is -0.359. The molecule has 2 aliphatic rings. The Hall–Kier alpha value is -2.05. The minimum atomic E-state index is -1.79. The molecule has 9 N–H and O–H groups in total. The quantitative estimate of drug-likeness (QED) is 0.0204. The van der Waals surface area contributed by atoms with E-state index in [2.05, 4.69) is 55.6 Å². The van der Waals surface area contributed by atoms with Crippen molar-refractivity contribution in [2.45, 2.75) is 325 Å². The summed E-state index contributed by atoms with van der Waals surface area (Å²) < 4.78 is 22.8. The summed E-state index contributed by atoms with van der Waals surface area (Å²) in [4.78, 5) is 13.2. The fraction of sp³-hybridized carbons (Fsp3) is 0.857. The molecule has 0 aromatic rings. The summed E-state index contributed by atoms with van der Waals surface area (Å²) >= 11 is 0. The molecule has 0 aromatic heterocycles. The van der Waals surface area contributed by atoms with Gasteiger partial charge in [0.15, 0.2) is 12.6 Å². The normalized spacial score (nSPS) is 25.0. The molecule has 14 heteroatoms. The highest BCUT2D eigenvalue weighted by Gasteiger charge is 2.51. The highest BCUT2D eigenvalue weighted by atomic mass is 16.7. The van der Waals surface area contributed by atoms with Gasteiger partial charge in [-0.3, -0.25) is 4.79 Å². The largest absolute Gasteiger partial charge is 0.394 e. The summed E-state index contributed by atoms with van der Waals surface area (Å²) in [6.07, 6.45) is 44.5. The van der Waals surface area contributed by atoms with Crippen molar-refractivity contribution in [3.05, 3.63) is 48.6 Å². The van der Waals surface area contributed by atoms with Crippen molar-refractivity contribution < 1.29 is 64.6 Å². The SMILES string of the molecule is CCCCCC/C=C\C/C=C\CCCCCCCC(=O)NC(COC1OC(CO)C(OC2OC(CO)C(O)C(O)C2O)C(O)C1O)C(O)/C=C/CC/C=C/CCCCCCCCCCCCCCCCCCCCCCC. The van der Waals surface area contributed by atoms with Crippen molar-refractivity contribution in [3.8, 4) is 0 Å². The minimum Gasteiger partial charge on any atom is -0.394 e. The van der Waals surface area contributed by atoms with Crippen molar-refractivity contribution in [1.82, 2.24) is 5.32 Å². The monoisotopic (exact) mass is 1090 g/mol. The molecule has 12 atom stereocenters. The maximum absolute atomic E-state index is 13.2. The molecule has 2 saturated heterocycles. The topological polar surface area (TPSA) is 228 Å². The Morgan fingerprint density at radius 3 is 1.36 bits per heavy atom. The van der Waals surface area contributed by atoms with E-state index >= 15 is 0 Å². The molecular formula is C63H115NO13. The molecule has 2 rings (SSSR count). The predicted molar refractivity (Wildman–Crippen MR) is 309 cm³/mol. The molecule has 2 fully saturated rings. The number of carbonyl (C=O) groups is 1. The summed E-state index contributed by atoms with van der Waals surface area (Å²) in [6, 6.07) is -0.940. The molecule has 77 heavy (non-hydrogen) atoms. The number of allylic oxidation sites excluding steroid dienone is 7. The van der Waals surface area contributed by atoms with Crippen LogP contribution in [0.15, 0.2) is 48.6 Å². The first-order valence-corrected chi connectivity index (χ1v) is 31.4. The van der Waals surface area contributed by atoms with Crippen LogP contribution >= 0.6 is 0 Å². The minimum absolute atomic E-state index is 0.257. The summed E-state index contributed by atoms with van der Waals surface area (Å²) in [7, 11) is 0. The van der Waals surface area contributed by atoms with Crippen LogP contribution in [-0.2, 0) is 23.7 Å². The third kappa shape index (κ3) is 34.1. The second kappa shape index (κ2) is 48.6. The Labute approximate surface area is 467 Å². The van der Waals surface area contributed by atoms with Crippen LogP contribution in [0.4, 0.5) is 0 Å². The molecule has 12 unspecified atom stereocenters. The van der Waals surface area contributed by atoms with Gasteiger partial charge in [-0.15, -0.1) is 0 Å². The van der Waals surface area contributed by atoms with Gasteiger partial charge in [-0.25, -0.2) is 0 Å². The van der Waals surface area contributed by atoms with Gasteiger partial charge < -0.3 is 65.1 Å². The van der Waals surface area contributed by atoms with E-state index in [4.69, 9.17) is 18.9 Å².